The minimum atomic E-state index is -0.240. The van der Waals surface area contributed by atoms with Crippen molar-refractivity contribution in [2.24, 2.45) is 4.99 Å². The van der Waals surface area contributed by atoms with Crippen molar-refractivity contribution in [3.05, 3.63) is 65.9 Å². The number of hydrogen-bond acceptors (Lipinski definition) is 4. The monoisotopic (exact) mass is 538 g/mol. The van der Waals surface area contributed by atoms with Crippen LogP contribution in [-0.2, 0) is 11.2 Å². The third kappa shape index (κ3) is 5.70. The summed E-state index contributed by atoms with van der Waals surface area (Å²) in [6.45, 7) is 6.90. The summed E-state index contributed by atoms with van der Waals surface area (Å²) in [6.07, 6.45) is 2.58. The largest absolute Gasteiger partial charge is 0.367 e. The number of ether oxygens (including phenoxy) is 1. The van der Waals surface area contributed by atoms with Crippen LogP contribution in [0, 0.1) is 5.82 Å². The van der Waals surface area contributed by atoms with Gasteiger partial charge in [0.15, 0.2) is 11.6 Å². The molecule has 166 valence electrons. The van der Waals surface area contributed by atoms with E-state index >= 15 is 0 Å². The Labute approximate surface area is 198 Å². The first kappa shape index (κ1) is 23.4. The van der Waals surface area contributed by atoms with Gasteiger partial charge in [-0.2, -0.15) is 0 Å². The van der Waals surface area contributed by atoms with E-state index in [1.165, 1.54) is 12.1 Å². The van der Waals surface area contributed by atoms with Crippen molar-refractivity contribution in [2.75, 3.05) is 26.2 Å². The molecule has 0 radical (unpaired) electrons. The lowest BCUT2D eigenvalue weighted by molar-refractivity contribution is -0.0605. The third-order valence-corrected chi connectivity index (χ3v) is 5.12. The Balaban J connectivity index is 0.00000272. The first-order chi connectivity index (χ1) is 14.6. The number of pyridine rings is 1. The Morgan fingerprint density at radius 2 is 2.00 bits per heavy atom. The van der Waals surface area contributed by atoms with E-state index in [1.54, 1.807) is 12.1 Å². The van der Waals surface area contributed by atoms with E-state index < -0.39 is 0 Å². The van der Waals surface area contributed by atoms with Crippen molar-refractivity contribution in [1.82, 2.24) is 24.8 Å². The molecular formula is C22H28FIN6O. The third-order valence-electron chi connectivity index (χ3n) is 5.12. The van der Waals surface area contributed by atoms with E-state index in [0.717, 1.165) is 36.1 Å². The predicted molar refractivity (Wildman–Crippen MR) is 129 cm³/mol. The highest BCUT2D eigenvalue weighted by atomic mass is 127. The molecule has 2 atom stereocenters. The summed E-state index contributed by atoms with van der Waals surface area (Å²) < 4.78 is 21.4. The minimum Gasteiger partial charge on any atom is -0.367 e. The Kier molecular flexibility index (Phi) is 8.19. The van der Waals surface area contributed by atoms with Crippen LogP contribution in [0.25, 0.3) is 5.65 Å². The standard InChI is InChI=1S/C22H27FN6O.HI/c1-3-24-22(25-12-11-21-27-26-20-6-4-5-13-29(20)21)28-14-16(2)30-19(15-28)17-7-9-18(23)10-8-17;/h4-10,13,16,19H,3,11-12,14-15H2,1-2H3,(H,24,25);1H. The van der Waals surface area contributed by atoms with Crippen LogP contribution in [0.1, 0.15) is 31.3 Å². The number of benzene rings is 1. The summed E-state index contributed by atoms with van der Waals surface area (Å²) in [7, 11) is 0. The molecule has 31 heavy (non-hydrogen) atoms. The van der Waals surface area contributed by atoms with Crippen molar-refractivity contribution < 1.29 is 9.13 Å². The number of nitrogens with zero attached hydrogens (tertiary/aromatic N) is 5. The normalized spacial score (nSPS) is 19.3. The van der Waals surface area contributed by atoms with Gasteiger partial charge in [-0.25, -0.2) is 4.39 Å². The highest BCUT2D eigenvalue weighted by Gasteiger charge is 2.28. The van der Waals surface area contributed by atoms with Gasteiger partial charge in [-0.3, -0.25) is 9.39 Å². The van der Waals surface area contributed by atoms with E-state index in [4.69, 9.17) is 9.73 Å². The van der Waals surface area contributed by atoms with Crippen molar-refractivity contribution in [3.8, 4) is 0 Å². The SMILES string of the molecule is CCNC(=NCCc1nnc2ccccn12)N1CC(C)OC(c2ccc(F)cc2)C1.I. The van der Waals surface area contributed by atoms with Crippen LogP contribution in [0.5, 0.6) is 0 Å². The van der Waals surface area contributed by atoms with Crippen LogP contribution >= 0.6 is 24.0 Å². The fourth-order valence-corrected chi connectivity index (χ4v) is 3.73. The maximum atomic E-state index is 13.3. The molecule has 0 bridgehead atoms. The summed E-state index contributed by atoms with van der Waals surface area (Å²) in [5, 5.41) is 11.9. The Morgan fingerprint density at radius 1 is 1.19 bits per heavy atom. The topological polar surface area (TPSA) is 67.0 Å². The molecule has 0 amide bonds. The van der Waals surface area contributed by atoms with E-state index in [2.05, 4.69) is 34.3 Å². The molecule has 1 fully saturated rings. The molecule has 1 aliphatic heterocycles. The van der Waals surface area contributed by atoms with Crippen LogP contribution in [0.15, 0.2) is 53.7 Å². The molecule has 1 aliphatic rings. The zero-order valence-electron chi connectivity index (χ0n) is 17.7. The van der Waals surface area contributed by atoms with Crippen LogP contribution in [0.4, 0.5) is 4.39 Å². The molecule has 0 spiro atoms. The highest BCUT2D eigenvalue weighted by molar-refractivity contribution is 14.0. The van der Waals surface area contributed by atoms with Gasteiger partial charge in [-0.15, -0.1) is 34.2 Å². The zero-order chi connectivity index (χ0) is 20.9. The number of hydrogen-bond donors (Lipinski definition) is 1. The lowest BCUT2D eigenvalue weighted by Crippen LogP contribution is -2.50. The summed E-state index contributed by atoms with van der Waals surface area (Å²) in [6, 6.07) is 12.4. The smallest absolute Gasteiger partial charge is 0.194 e. The first-order valence-corrected chi connectivity index (χ1v) is 10.4. The quantitative estimate of drug-likeness (QED) is 0.306. The molecule has 3 aromatic rings. The minimum absolute atomic E-state index is 0. The van der Waals surface area contributed by atoms with Gasteiger partial charge in [0.1, 0.15) is 17.7 Å². The Bertz CT molecular complexity index is 1010. The molecule has 1 N–H and O–H groups in total. The van der Waals surface area contributed by atoms with Crippen molar-refractivity contribution in [3.63, 3.8) is 0 Å². The van der Waals surface area contributed by atoms with Crippen molar-refractivity contribution in [1.29, 1.82) is 0 Å². The van der Waals surface area contributed by atoms with E-state index in [9.17, 15) is 4.39 Å². The van der Waals surface area contributed by atoms with Gasteiger partial charge in [-0.05, 0) is 43.7 Å². The molecule has 2 aromatic heterocycles. The fourth-order valence-electron chi connectivity index (χ4n) is 3.73. The average molecular weight is 538 g/mol. The highest BCUT2D eigenvalue weighted by Crippen LogP contribution is 2.25. The molecule has 3 heterocycles. The van der Waals surface area contributed by atoms with Gasteiger partial charge in [0.2, 0.25) is 0 Å². The molecule has 9 heteroatoms. The maximum Gasteiger partial charge on any atom is 0.194 e. The van der Waals surface area contributed by atoms with Gasteiger partial charge in [0.25, 0.3) is 0 Å². The van der Waals surface area contributed by atoms with Crippen LogP contribution in [0.2, 0.25) is 0 Å². The van der Waals surface area contributed by atoms with Crippen molar-refractivity contribution >= 4 is 35.6 Å². The predicted octanol–water partition coefficient (Wildman–Crippen LogP) is 3.46. The molecule has 2 unspecified atom stereocenters. The van der Waals surface area contributed by atoms with Gasteiger partial charge in [-0.1, -0.05) is 18.2 Å². The lowest BCUT2D eigenvalue weighted by atomic mass is 10.1. The molecule has 1 aromatic carbocycles. The second-order valence-electron chi connectivity index (χ2n) is 7.42. The number of aromatic nitrogens is 3. The maximum absolute atomic E-state index is 13.3. The summed E-state index contributed by atoms with van der Waals surface area (Å²) >= 11 is 0. The van der Waals surface area contributed by atoms with Crippen molar-refractivity contribution in [2.45, 2.75) is 32.5 Å². The number of aliphatic imine (C=N–C) groups is 1. The lowest BCUT2D eigenvalue weighted by Gasteiger charge is -2.38. The number of morpholine rings is 1. The molecule has 4 rings (SSSR count). The zero-order valence-corrected chi connectivity index (χ0v) is 20.1. The Morgan fingerprint density at radius 3 is 2.77 bits per heavy atom. The summed E-state index contributed by atoms with van der Waals surface area (Å²) in [5.74, 6) is 1.51. The molecule has 0 saturated carbocycles. The number of rotatable bonds is 5. The number of guanidine groups is 1. The summed E-state index contributed by atoms with van der Waals surface area (Å²) in [5.41, 5.74) is 1.81. The van der Waals surface area contributed by atoms with Gasteiger partial charge in [0, 0.05) is 32.3 Å². The Hall–Kier alpha value is -2.27. The number of nitrogens with one attached hydrogen (secondary N) is 1. The van der Waals surface area contributed by atoms with Crippen LogP contribution < -0.4 is 5.32 Å². The molecular weight excluding hydrogens is 510 g/mol. The average Bonchev–Trinajstić information content (AvgIpc) is 3.16. The second-order valence-corrected chi connectivity index (χ2v) is 7.42. The van der Waals surface area contributed by atoms with Gasteiger partial charge >= 0.3 is 0 Å². The van der Waals surface area contributed by atoms with E-state index in [-0.39, 0.29) is 42.0 Å². The van der Waals surface area contributed by atoms with Crippen LogP contribution in [-0.4, -0.2) is 57.7 Å². The molecule has 0 aliphatic carbocycles. The number of halogens is 2. The first-order valence-electron chi connectivity index (χ1n) is 10.4. The number of fused-ring (bicyclic) bond motifs is 1. The molecule has 1 saturated heterocycles. The second kappa shape index (κ2) is 10.9. The van der Waals surface area contributed by atoms with E-state index in [1.807, 2.05) is 28.8 Å². The van der Waals surface area contributed by atoms with Crippen LogP contribution in [0.3, 0.4) is 0 Å². The van der Waals surface area contributed by atoms with Gasteiger partial charge in [0.05, 0.1) is 12.6 Å². The van der Waals surface area contributed by atoms with Gasteiger partial charge < -0.3 is 15.0 Å². The molecule has 7 nitrogen and oxygen atoms in total. The fraction of sp³-hybridized carbons (Fsp3) is 0.409. The van der Waals surface area contributed by atoms with E-state index in [0.29, 0.717) is 19.5 Å². The summed E-state index contributed by atoms with van der Waals surface area (Å²) in [4.78, 5) is 7.05.